The van der Waals surface area contributed by atoms with Crippen LogP contribution in [-0.2, 0) is 14.9 Å². The Labute approximate surface area is 164 Å². The topological polar surface area (TPSA) is 61.8 Å². The second-order valence-corrected chi connectivity index (χ2v) is 7.51. The maximum Gasteiger partial charge on any atom is 0.317 e. The number of benzene rings is 2. The number of esters is 1. The first kappa shape index (κ1) is 18.5. The third-order valence-corrected chi connectivity index (χ3v) is 5.65. The van der Waals surface area contributed by atoms with E-state index in [0.29, 0.717) is 43.1 Å². The first-order valence-electron chi connectivity index (χ1n) is 9.76. The zero-order valence-corrected chi connectivity index (χ0v) is 16.0. The van der Waals surface area contributed by atoms with E-state index in [4.69, 9.17) is 14.2 Å². The third kappa shape index (κ3) is 3.49. The van der Waals surface area contributed by atoms with Gasteiger partial charge in [0.25, 0.3) is 0 Å². The summed E-state index contributed by atoms with van der Waals surface area (Å²) in [5.74, 6) is 0.843. The molecule has 5 nitrogen and oxygen atoms in total. The van der Waals surface area contributed by atoms with E-state index in [9.17, 15) is 9.59 Å². The molecule has 2 aliphatic rings. The Morgan fingerprint density at radius 3 is 2.36 bits per heavy atom. The number of hydrogen-bond acceptors (Lipinski definition) is 5. The normalized spacial score (nSPS) is 17.2. The number of carbonyl (C=O) groups is 2. The molecule has 0 unspecified atom stereocenters. The quantitative estimate of drug-likeness (QED) is 0.579. The van der Waals surface area contributed by atoms with Crippen molar-refractivity contribution in [2.45, 2.75) is 38.0 Å². The Hall–Kier alpha value is -2.82. The van der Waals surface area contributed by atoms with Gasteiger partial charge in [-0.05, 0) is 37.5 Å². The number of aryl methyl sites for hydroxylation is 1. The van der Waals surface area contributed by atoms with Crippen LogP contribution in [0, 0.1) is 6.92 Å². The van der Waals surface area contributed by atoms with Crippen molar-refractivity contribution in [3.8, 4) is 11.5 Å². The number of Topliss-reactive ketones (excluding diaryl/α,β-unsaturated/α-hetero) is 1. The molecule has 0 spiro atoms. The summed E-state index contributed by atoms with van der Waals surface area (Å²) in [5.41, 5.74) is 1.79. The molecule has 4 rings (SSSR count). The summed E-state index contributed by atoms with van der Waals surface area (Å²) in [6.07, 6.45) is 3.33. The summed E-state index contributed by atoms with van der Waals surface area (Å²) >= 11 is 0. The number of hydrogen-bond donors (Lipinski definition) is 0. The molecule has 1 fully saturated rings. The second kappa shape index (κ2) is 7.66. The van der Waals surface area contributed by atoms with E-state index in [1.807, 2.05) is 37.3 Å². The maximum absolute atomic E-state index is 13.1. The SMILES string of the molecule is Cc1ccc(C(=O)COC(=O)C2(c3ccc4c(c3)OCCO4)CCCC2)cc1. The number of ketones is 1. The molecule has 0 aromatic heterocycles. The minimum Gasteiger partial charge on any atom is -0.486 e. The van der Waals surface area contributed by atoms with Crippen LogP contribution in [-0.4, -0.2) is 31.6 Å². The maximum atomic E-state index is 13.1. The van der Waals surface area contributed by atoms with Crippen LogP contribution in [0.25, 0.3) is 0 Å². The molecule has 2 aromatic rings. The van der Waals surface area contributed by atoms with E-state index in [1.54, 1.807) is 12.1 Å². The molecule has 2 aromatic carbocycles. The van der Waals surface area contributed by atoms with Crippen molar-refractivity contribution < 1.29 is 23.8 Å². The molecular weight excluding hydrogens is 356 g/mol. The van der Waals surface area contributed by atoms with Gasteiger partial charge in [0.15, 0.2) is 23.9 Å². The number of carbonyl (C=O) groups excluding carboxylic acids is 2. The summed E-state index contributed by atoms with van der Waals surface area (Å²) in [6.45, 7) is 2.75. The van der Waals surface area contributed by atoms with Crippen LogP contribution in [0.5, 0.6) is 11.5 Å². The number of fused-ring (bicyclic) bond motifs is 1. The van der Waals surface area contributed by atoms with Gasteiger partial charge >= 0.3 is 5.97 Å². The largest absolute Gasteiger partial charge is 0.486 e. The highest BCUT2D eigenvalue weighted by molar-refractivity contribution is 5.98. The molecule has 1 heterocycles. The van der Waals surface area contributed by atoms with Crippen LogP contribution < -0.4 is 9.47 Å². The predicted octanol–water partition coefficient (Wildman–Crippen LogP) is 4.00. The predicted molar refractivity (Wildman–Crippen MR) is 104 cm³/mol. The molecule has 0 atom stereocenters. The summed E-state index contributed by atoms with van der Waals surface area (Å²) in [5, 5.41) is 0. The van der Waals surface area contributed by atoms with Crippen LogP contribution in [0.1, 0.15) is 47.2 Å². The average Bonchev–Trinajstić information content (AvgIpc) is 3.23. The van der Waals surface area contributed by atoms with Gasteiger partial charge in [-0.1, -0.05) is 48.7 Å². The Balaban J connectivity index is 1.51. The molecule has 28 heavy (non-hydrogen) atoms. The second-order valence-electron chi connectivity index (χ2n) is 7.51. The Bertz CT molecular complexity index is 878. The molecule has 0 N–H and O–H groups in total. The zero-order valence-electron chi connectivity index (χ0n) is 16.0. The van der Waals surface area contributed by atoms with Gasteiger partial charge < -0.3 is 14.2 Å². The van der Waals surface area contributed by atoms with E-state index < -0.39 is 5.41 Å². The van der Waals surface area contributed by atoms with E-state index in [2.05, 4.69) is 0 Å². The lowest BCUT2D eigenvalue weighted by atomic mass is 9.78. The van der Waals surface area contributed by atoms with E-state index in [-0.39, 0.29) is 18.4 Å². The lowest BCUT2D eigenvalue weighted by Crippen LogP contribution is -2.36. The summed E-state index contributed by atoms with van der Waals surface area (Å²) < 4.78 is 16.8. The highest BCUT2D eigenvalue weighted by atomic mass is 16.6. The van der Waals surface area contributed by atoms with E-state index >= 15 is 0 Å². The summed E-state index contributed by atoms with van der Waals surface area (Å²) in [4.78, 5) is 25.5. The van der Waals surface area contributed by atoms with E-state index in [1.165, 1.54) is 0 Å². The Morgan fingerprint density at radius 2 is 1.64 bits per heavy atom. The molecule has 1 aliphatic carbocycles. The molecule has 5 heteroatoms. The Kier molecular flexibility index (Phi) is 5.07. The summed E-state index contributed by atoms with van der Waals surface area (Å²) in [7, 11) is 0. The van der Waals surface area contributed by atoms with Crippen LogP contribution in [0.2, 0.25) is 0 Å². The van der Waals surface area contributed by atoms with Gasteiger partial charge in [-0.15, -0.1) is 0 Å². The standard InChI is InChI=1S/C23H24O5/c1-16-4-6-17(7-5-16)19(24)15-28-22(25)23(10-2-3-11-23)18-8-9-20-21(14-18)27-13-12-26-20/h4-9,14H,2-3,10-13,15H2,1H3. The molecule has 1 saturated carbocycles. The zero-order chi connectivity index (χ0) is 19.6. The molecule has 146 valence electrons. The van der Waals surface area contributed by atoms with Gasteiger partial charge in [0.2, 0.25) is 0 Å². The Morgan fingerprint density at radius 1 is 0.964 bits per heavy atom. The molecule has 0 bridgehead atoms. The van der Waals surface area contributed by atoms with Crippen LogP contribution in [0.4, 0.5) is 0 Å². The van der Waals surface area contributed by atoms with Gasteiger partial charge in [0.05, 0.1) is 5.41 Å². The first-order chi connectivity index (χ1) is 13.6. The third-order valence-electron chi connectivity index (χ3n) is 5.65. The average molecular weight is 380 g/mol. The molecule has 0 radical (unpaired) electrons. The molecule has 0 saturated heterocycles. The van der Waals surface area contributed by atoms with Gasteiger partial charge in [-0.2, -0.15) is 0 Å². The van der Waals surface area contributed by atoms with Crippen molar-refractivity contribution in [1.29, 1.82) is 0 Å². The highest BCUT2D eigenvalue weighted by Crippen LogP contribution is 2.45. The van der Waals surface area contributed by atoms with Gasteiger partial charge in [0.1, 0.15) is 13.2 Å². The van der Waals surface area contributed by atoms with Crippen LogP contribution >= 0.6 is 0 Å². The van der Waals surface area contributed by atoms with Crippen molar-refractivity contribution in [3.05, 3.63) is 59.2 Å². The smallest absolute Gasteiger partial charge is 0.317 e. The molecule has 0 amide bonds. The summed E-state index contributed by atoms with van der Waals surface area (Å²) in [6, 6.07) is 12.9. The lowest BCUT2D eigenvalue weighted by Gasteiger charge is -2.28. The van der Waals surface area contributed by atoms with Crippen molar-refractivity contribution in [1.82, 2.24) is 0 Å². The van der Waals surface area contributed by atoms with Crippen LogP contribution in [0.15, 0.2) is 42.5 Å². The van der Waals surface area contributed by atoms with E-state index in [0.717, 1.165) is 24.0 Å². The minimum absolute atomic E-state index is 0.191. The molecule has 1 aliphatic heterocycles. The van der Waals surface area contributed by atoms with Gasteiger partial charge in [-0.3, -0.25) is 9.59 Å². The number of ether oxygens (including phenoxy) is 3. The van der Waals surface area contributed by atoms with Gasteiger partial charge in [0, 0.05) is 5.56 Å². The van der Waals surface area contributed by atoms with Crippen molar-refractivity contribution in [3.63, 3.8) is 0 Å². The van der Waals surface area contributed by atoms with Gasteiger partial charge in [-0.25, -0.2) is 0 Å². The lowest BCUT2D eigenvalue weighted by molar-refractivity contribution is -0.149. The fourth-order valence-electron chi connectivity index (χ4n) is 4.02. The van der Waals surface area contributed by atoms with Crippen molar-refractivity contribution in [2.75, 3.05) is 19.8 Å². The fraction of sp³-hybridized carbons (Fsp3) is 0.391. The molecular formula is C23H24O5. The monoisotopic (exact) mass is 380 g/mol. The minimum atomic E-state index is -0.719. The number of rotatable bonds is 5. The van der Waals surface area contributed by atoms with Crippen molar-refractivity contribution >= 4 is 11.8 Å². The fourth-order valence-corrected chi connectivity index (χ4v) is 4.02. The van der Waals surface area contributed by atoms with Crippen LogP contribution in [0.3, 0.4) is 0 Å². The first-order valence-corrected chi connectivity index (χ1v) is 9.76. The highest BCUT2D eigenvalue weighted by Gasteiger charge is 2.45. The van der Waals surface area contributed by atoms with Crippen molar-refractivity contribution in [2.24, 2.45) is 0 Å².